The molecule has 5 nitrogen and oxygen atoms in total. The summed E-state index contributed by atoms with van der Waals surface area (Å²) in [5.41, 5.74) is -0.318. The van der Waals surface area contributed by atoms with Gasteiger partial charge in [0.25, 0.3) is 0 Å². The highest BCUT2D eigenvalue weighted by Crippen LogP contribution is 2.27. The Morgan fingerprint density at radius 2 is 2.25 bits per heavy atom. The van der Waals surface area contributed by atoms with Crippen LogP contribution in [0.25, 0.3) is 0 Å². The third-order valence-corrected chi connectivity index (χ3v) is 3.38. The fourth-order valence-corrected chi connectivity index (χ4v) is 2.39. The summed E-state index contributed by atoms with van der Waals surface area (Å²) in [5, 5.41) is 2.64. The first kappa shape index (κ1) is 11.4. The normalized spacial score (nSPS) is 36.1. The van der Waals surface area contributed by atoms with E-state index in [2.05, 4.69) is 5.32 Å². The van der Waals surface area contributed by atoms with Crippen molar-refractivity contribution in [1.82, 2.24) is 10.2 Å². The lowest BCUT2D eigenvalue weighted by atomic mass is 9.91. The molecule has 16 heavy (non-hydrogen) atoms. The predicted molar refractivity (Wildman–Crippen MR) is 57.8 cm³/mol. The van der Waals surface area contributed by atoms with Gasteiger partial charge in [-0.05, 0) is 26.7 Å². The van der Waals surface area contributed by atoms with Crippen molar-refractivity contribution in [1.29, 1.82) is 0 Å². The lowest BCUT2D eigenvalue weighted by Crippen LogP contribution is -2.65. The molecule has 0 aromatic carbocycles. The molecule has 0 aliphatic carbocycles. The minimum absolute atomic E-state index is 0.00685. The molecule has 2 unspecified atom stereocenters. The van der Waals surface area contributed by atoms with Gasteiger partial charge < -0.3 is 15.0 Å². The minimum atomic E-state index is -0.417. The second-order valence-electron chi connectivity index (χ2n) is 4.87. The molecule has 2 atom stereocenters. The van der Waals surface area contributed by atoms with Crippen molar-refractivity contribution in [2.24, 2.45) is 0 Å². The maximum Gasteiger partial charge on any atom is 0.245 e. The van der Waals surface area contributed by atoms with Crippen LogP contribution in [0.3, 0.4) is 0 Å². The second kappa shape index (κ2) is 4.05. The highest BCUT2D eigenvalue weighted by atomic mass is 16.5. The van der Waals surface area contributed by atoms with Crippen molar-refractivity contribution in [2.75, 3.05) is 19.8 Å². The summed E-state index contributed by atoms with van der Waals surface area (Å²) in [6, 6.07) is -0.417. The van der Waals surface area contributed by atoms with Crippen LogP contribution in [0, 0.1) is 0 Å². The third kappa shape index (κ3) is 1.91. The maximum absolute atomic E-state index is 12.0. The molecule has 90 valence electrons. The molecule has 2 aliphatic rings. The Hall–Kier alpha value is -1.10. The van der Waals surface area contributed by atoms with Gasteiger partial charge in [0.15, 0.2) is 0 Å². The molecule has 2 rings (SSSR count). The Balaban J connectivity index is 2.17. The van der Waals surface area contributed by atoms with Crippen LogP contribution in [0.1, 0.15) is 26.7 Å². The molecule has 2 heterocycles. The van der Waals surface area contributed by atoms with E-state index < -0.39 is 6.04 Å². The molecule has 2 amide bonds. The van der Waals surface area contributed by atoms with Gasteiger partial charge in [0.2, 0.25) is 11.8 Å². The van der Waals surface area contributed by atoms with E-state index in [-0.39, 0.29) is 23.9 Å². The largest absolute Gasteiger partial charge is 0.379 e. The lowest BCUT2D eigenvalue weighted by Gasteiger charge is -2.46. The van der Waals surface area contributed by atoms with Crippen molar-refractivity contribution in [3.8, 4) is 0 Å². The van der Waals surface area contributed by atoms with Crippen LogP contribution in [0.2, 0.25) is 0 Å². The van der Waals surface area contributed by atoms with E-state index in [9.17, 15) is 9.59 Å². The second-order valence-corrected chi connectivity index (χ2v) is 4.87. The van der Waals surface area contributed by atoms with Gasteiger partial charge in [0.05, 0.1) is 12.1 Å². The van der Waals surface area contributed by atoms with Crippen LogP contribution in [0.5, 0.6) is 0 Å². The molecule has 2 aliphatic heterocycles. The monoisotopic (exact) mass is 226 g/mol. The zero-order valence-corrected chi connectivity index (χ0v) is 9.78. The Bertz CT molecular complexity index is 310. The standard InChI is InChI=1S/C11H18N2O3/c1-8-10(15)13(6-9(14)12-8)11(2)4-3-5-16-7-11/h8H,3-7H2,1-2H3,(H,12,14). The van der Waals surface area contributed by atoms with Gasteiger partial charge in [0, 0.05) is 6.61 Å². The zero-order chi connectivity index (χ0) is 11.8. The minimum Gasteiger partial charge on any atom is -0.379 e. The predicted octanol–water partition coefficient (Wildman–Crippen LogP) is -0.0976. The topological polar surface area (TPSA) is 58.6 Å². The number of nitrogens with zero attached hydrogens (tertiary/aromatic N) is 1. The van der Waals surface area contributed by atoms with Gasteiger partial charge in [-0.25, -0.2) is 0 Å². The number of carbonyl (C=O) groups excluding carboxylic acids is 2. The molecular formula is C11H18N2O3. The summed E-state index contributed by atoms with van der Waals surface area (Å²) in [5.74, 6) is -0.0912. The SMILES string of the molecule is CC1NC(=O)CN(C2(C)CCCOC2)C1=O. The van der Waals surface area contributed by atoms with Crippen LogP contribution in [0.15, 0.2) is 0 Å². The number of rotatable bonds is 1. The van der Waals surface area contributed by atoms with Crippen molar-refractivity contribution >= 4 is 11.8 Å². The van der Waals surface area contributed by atoms with Crippen molar-refractivity contribution in [3.63, 3.8) is 0 Å². The summed E-state index contributed by atoms with van der Waals surface area (Å²) in [7, 11) is 0. The highest BCUT2D eigenvalue weighted by molar-refractivity contribution is 5.95. The number of ether oxygens (including phenoxy) is 1. The van der Waals surface area contributed by atoms with E-state index >= 15 is 0 Å². The Labute approximate surface area is 95.1 Å². The molecule has 0 spiro atoms. The number of amides is 2. The van der Waals surface area contributed by atoms with Crippen molar-refractivity contribution < 1.29 is 14.3 Å². The summed E-state index contributed by atoms with van der Waals surface area (Å²) in [6.07, 6.45) is 1.84. The first-order chi connectivity index (χ1) is 7.53. The third-order valence-electron chi connectivity index (χ3n) is 3.38. The van der Waals surface area contributed by atoms with E-state index in [1.54, 1.807) is 11.8 Å². The lowest BCUT2D eigenvalue weighted by molar-refractivity contribution is -0.155. The zero-order valence-electron chi connectivity index (χ0n) is 9.78. The van der Waals surface area contributed by atoms with Crippen LogP contribution in [-0.2, 0) is 14.3 Å². The van der Waals surface area contributed by atoms with Gasteiger partial charge in [-0.15, -0.1) is 0 Å². The number of hydrogen-bond acceptors (Lipinski definition) is 3. The molecule has 0 aromatic rings. The van der Waals surface area contributed by atoms with Crippen LogP contribution in [-0.4, -0.2) is 48.1 Å². The van der Waals surface area contributed by atoms with Crippen LogP contribution < -0.4 is 5.32 Å². The average Bonchev–Trinajstić information content (AvgIpc) is 2.24. The van der Waals surface area contributed by atoms with E-state index in [1.807, 2.05) is 6.92 Å². The summed E-state index contributed by atoms with van der Waals surface area (Å²) >= 11 is 0. The fourth-order valence-electron chi connectivity index (χ4n) is 2.39. The molecule has 0 radical (unpaired) electrons. The number of hydrogen-bond donors (Lipinski definition) is 1. The molecular weight excluding hydrogens is 208 g/mol. The first-order valence-electron chi connectivity index (χ1n) is 5.71. The molecule has 2 saturated heterocycles. The summed E-state index contributed by atoms with van der Waals surface area (Å²) < 4.78 is 5.43. The molecule has 1 N–H and O–H groups in total. The van der Waals surface area contributed by atoms with Crippen LogP contribution in [0.4, 0.5) is 0 Å². The Morgan fingerprint density at radius 3 is 2.88 bits per heavy atom. The Morgan fingerprint density at radius 1 is 1.50 bits per heavy atom. The molecule has 0 bridgehead atoms. The summed E-state index contributed by atoms with van der Waals surface area (Å²) in [4.78, 5) is 25.2. The van der Waals surface area contributed by atoms with Gasteiger partial charge in [0.1, 0.15) is 12.6 Å². The van der Waals surface area contributed by atoms with Gasteiger partial charge >= 0.3 is 0 Å². The Kier molecular flexibility index (Phi) is 2.88. The fraction of sp³-hybridized carbons (Fsp3) is 0.818. The maximum atomic E-state index is 12.0. The van der Waals surface area contributed by atoms with Crippen molar-refractivity contribution in [2.45, 2.75) is 38.3 Å². The molecule has 5 heteroatoms. The average molecular weight is 226 g/mol. The van der Waals surface area contributed by atoms with Crippen LogP contribution >= 0.6 is 0 Å². The molecule has 0 aromatic heterocycles. The summed E-state index contributed by atoms with van der Waals surface area (Å²) in [6.45, 7) is 5.15. The van der Waals surface area contributed by atoms with Gasteiger partial charge in [-0.2, -0.15) is 0 Å². The number of carbonyl (C=O) groups is 2. The van der Waals surface area contributed by atoms with Gasteiger partial charge in [-0.1, -0.05) is 0 Å². The van der Waals surface area contributed by atoms with E-state index in [0.717, 1.165) is 19.4 Å². The van der Waals surface area contributed by atoms with Gasteiger partial charge in [-0.3, -0.25) is 9.59 Å². The van der Waals surface area contributed by atoms with E-state index in [4.69, 9.17) is 4.74 Å². The van der Waals surface area contributed by atoms with Crippen molar-refractivity contribution in [3.05, 3.63) is 0 Å². The first-order valence-corrected chi connectivity index (χ1v) is 5.71. The van der Waals surface area contributed by atoms with E-state index in [0.29, 0.717) is 6.61 Å². The number of piperazine rings is 1. The molecule has 2 fully saturated rings. The number of nitrogens with one attached hydrogen (secondary N) is 1. The smallest absolute Gasteiger partial charge is 0.245 e. The highest BCUT2D eigenvalue weighted by Gasteiger charge is 2.42. The molecule has 0 saturated carbocycles. The van der Waals surface area contributed by atoms with E-state index in [1.165, 1.54) is 0 Å². The quantitative estimate of drug-likeness (QED) is 0.679.